The number of esters is 1. The standard InChI is InChI=1S/C23H31NO3Si/c1-23(2,3)28(19-12-8-6-9-13-19,20-14-10-7-11-15-20)27-18-16-21(22(25)26-5)24(4)17-18/h6-15,18,21H,16-17H2,1-5H3/t18?,21-/m0/s1. The summed E-state index contributed by atoms with van der Waals surface area (Å²) in [5, 5.41) is 2.45. The van der Waals surface area contributed by atoms with Crippen LogP contribution < -0.4 is 10.4 Å². The van der Waals surface area contributed by atoms with Crippen LogP contribution in [-0.4, -0.2) is 52.0 Å². The number of benzene rings is 2. The highest BCUT2D eigenvalue weighted by Gasteiger charge is 2.52. The van der Waals surface area contributed by atoms with Gasteiger partial charge in [0.1, 0.15) is 6.04 Å². The second kappa shape index (κ2) is 8.19. The summed E-state index contributed by atoms with van der Waals surface area (Å²) in [5.74, 6) is -0.184. The minimum Gasteiger partial charge on any atom is -0.468 e. The first-order chi connectivity index (χ1) is 13.3. The van der Waals surface area contributed by atoms with E-state index < -0.39 is 8.32 Å². The summed E-state index contributed by atoms with van der Waals surface area (Å²) in [6.45, 7) is 7.55. The number of likely N-dealkylation sites (N-methyl/N-ethyl adjacent to an activating group) is 1. The van der Waals surface area contributed by atoms with Crippen molar-refractivity contribution < 1.29 is 14.0 Å². The number of carbonyl (C=O) groups excluding carboxylic acids is 1. The lowest BCUT2D eigenvalue weighted by molar-refractivity contribution is -0.145. The van der Waals surface area contributed by atoms with Crippen molar-refractivity contribution in [3.63, 3.8) is 0 Å². The summed E-state index contributed by atoms with van der Waals surface area (Å²) in [6.07, 6.45) is 0.647. The SMILES string of the molecule is COC(=O)[C@@H]1CC(O[Si](c2ccccc2)(c2ccccc2)C(C)(C)C)CN1C. The van der Waals surface area contributed by atoms with Crippen LogP contribution in [0.5, 0.6) is 0 Å². The second-order valence-corrected chi connectivity index (χ2v) is 12.9. The minimum atomic E-state index is -2.60. The zero-order valence-electron chi connectivity index (χ0n) is 17.5. The lowest BCUT2D eigenvalue weighted by Gasteiger charge is -2.44. The number of methoxy groups -OCH3 is 1. The smallest absolute Gasteiger partial charge is 0.323 e. The van der Waals surface area contributed by atoms with Crippen LogP contribution in [0.1, 0.15) is 27.2 Å². The lowest BCUT2D eigenvalue weighted by atomic mass is 10.2. The van der Waals surface area contributed by atoms with E-state index in [1.54, 1.807) is 0 Å². The van der Waals surface area contributed by atoms with Crippen LogP contribution in [0.25, 0.3) is 0 Å². The maximum atomic E-state index is 12.2. The van der Waals surface area contributed by atoms with Crippen molar-refractivity contribution in [2.24, 2.45) is 0 Å². The number of ether oxygens (including phenoxy) is 1. The first-order valence-electron chi connectivity index (χ1n) is 9.86. The molecule has 4 nitrogen and oxygen atoms in total. The van der Waals surface area contributed by atoms with Gasteiger partial charge in [-0.15, -0.1) is 0 Å². The molecule has 150 valence electrons. The van der Waals surface area contributed by atoms with Crippen LogP contribution >= 0.6 is 0 Å². The maximum Gasteiger partial charge on any atom is 0.323 e. The quantitative estimate of drug-likeness (QED) is 0.574. The molecule has 0 aliphatic carbocycles. The predicted octanol–water partition coefficient (Wildman–Crippen LogP) is 2.81. The number of rotatable bonds is 5. The van der Waals surface area contributed by atoms with Gasteiger partial charge in [-0.1, -0.05) is 81.4 Å². The largest absolute Gasteiger partial charge is 0.468 e. The molecule has 1 fully saturated rings. The maximum absolute atomic E-state index is 12.2. The van der Waals surface area contributed by atoms with E-state index in [0.717, 1.165) is 6.54 Å². The van der Waals surface area contributed by atoms with E-state index in [0.29, 0.717) is 6.42 Å². The van der Waals surface area contributed by atoms with E-state index in [1.165, 1.54) is 17.5 Å². The Hall–Kier alpha value is -1.95. The molecule has 28 heavy (non-hydrogen) atoms. The first kappa shape index (κ1) is 20.8. The Bertz CT molecular complexity index is 749. The molecule has 0 amide bonds. The van der Waals surface area contributed by atoms with Crippen LogP contribution in [0, 0.1) is 0 Å². The summed E-state index contributed by atoms with van der Waals surface area (Å²) in [4.78, 5) is 14.2. The summed E-state index contributed by atoms with van der Waals surface area (Å²) in [6, 6.07) is 21.0. The molecule has 2 aromatic rings. The third kappa shape index (κ3) is 3.79. The van der Waals surface area contributed by atoms with Crippen molar-refractivity contribution in [3.8, 4) is 0 Å². The fourth-order valence-corrected chi connectivity index (χ4v) is 9.08. The number of likely N-dealkylation sites (tertiary alicyclic amines) is 1. The van der Waals surface area contributed by atoms with Crippen molar-refractivity contribution in [2.75, 3.05) is 20.7 Å². The Morgan fingerprint density at radius 1 is 1.00 bits per heavy atom. The minimum absolute atomic E-state index is 0.0135. The van der Waals surface area contributed by atoms with E-state index in [1.807, 2.05) is 24.1 Å². The Morgan fingerprint density at radius 3 is 1.93 bits per heavy atom. The number of nitrogens with zero attached hydrogens (tertiary/aromatic N) is 1. The topological polar surface area (TPSA) is 38.8 Å². The summed E-state index contributed by atoms with van der Waals surface area (Å²) in [5.41, 5.74) is 0. The van der Waals surface area contributed by atoms with Gasteiger partial charge in [0.15, 0.2) is 0 Å². The van der Waals surface area contributed by atoms with Crippen LogP contribution in [0.2, 0.25) is 5.04 Å². The monoisotopic (exact) mass is 397 g/mol. The molecule has 0 spiro atoms. The molecular formula is C23H31NO3Si. The lowest BCUT2D eigenvalue weighted by Crippen LogP contribution is -2.67. The van der Waals surface area contributed by atoms with Crippen molar-refractivity contribution in [1.82, 2.24) is 4.90 Å². The average molecular weight is 398 g/mol. The van der Waals surface area contributed by atoms with Gasteiger partial charge in [0.25, 0.3) is 8.32 Å². The molecule has 5 heteroatoms. The van der Waals surface area contributed by atoms with Crippen LogP contribution in [-0.2, 0) is 14.0 Å². The van der Waals surface area contributed by atoms with Gasteiger partial charge >= 0.3 is 5.97 Å². The predicted molar refractivity (Wildman–Crippen MR) is 116 cm³/mol. The van der Waals surface area contributed by atoms with Gasteiger partial charge in [-0.2, -0.15) is 0 Å². The van der Waals surface area contributed by atoms with E-state index in [2.05, 4.69) is 69.3 Å². The molecule has 0 aromatic heterocycles. The Labute approximate surface area is 169 Å². The molecule has 3 rings (SSSR count). The van der Waals surface area contributed by atoms with Gasteiger partial charge in [0.05, 0.1) is 13.2 Å². The van der Waals surface area contributed by atoms with Gasteiger partial charge < -0.3 is 9.16 Å². The molecule has 0 bridgehead atoms. The van der Waals surface area contributed by atoms with Crippen molar-refractivity contribution in [3.05, 3.63) is 60.7 Å². The molecule has 1 unspecified atom stereocenters. The van der Waals surface area contributed by atoms with Gasteiger partial charge in [-0.25, -0.2) is 0 Å². The molecule has 0 saturated carbocycles. The third-order valence-electron chi connectivity index (χ3n) is 5.74. The van der Waals surface area contributed by atoms with Gasteiger partial charge in [0, 0.05) is 6.54 Å². The van der Waals surface area contributed by atoms with E-state index in [9.17, 15) is 4.79 Å². The Morgan fingerprint density at radius 2 is 1.50 bits per heavy atom. The zero-order valence-corrected chi connectivity index (χ0v) is 18.5. The molecular weight excluding hydrogens is 366 g/mol. The molecule has 1 heterocycles. The van der Waals surface area contributed by atoms with E-state index >= 15 is 0 Å². The Balaban J connectivity index is 2.06. The number of carbonyl (C=O) groups is 1. The number of hydrogen-bond donors (Lipinski definition) is 0. The highest BCUT2D eigenvalue weighted by Crippen LogP contribution is 2.39. The van der Waals surface area contributed by atoms with Crippen molar-refractivity contribution >= 4 is 24.7 Å². The fourth-order valence-electron chi connectivity index (χ4n) is 4.39. The summed E-state index contributed by atoms with van der Waals surface area (Å²) >= 11 is 0. The van der Waals surface area contributed by atoms with Crippen molar-refractivity contribution in [2.45, 2.75) is 44.4 Å². The molecule has 0 N–H and O–H groups in total. The van der Waals surface area contributed by atoms with Crippen LogP contribution in [0.3, 0.4) is 0 Å². The van der Waals surface area contributed by atoms with E-state index in [4.69, 9.17) is 9.16 Å². The molecule has 1 aliphatic rings. The molecule has 1 saturated heterocycles. The van der Waals surface area contributed by atoms with E-state index in [-0.39, 0.29) is 23.2 Å². The second-order valence-electron chi connectivity index (χ2n) is 8.62. The molecule has 2 aromatic carbocycles. The highest BCUT2D eigenvalue weighted by molar-refractivity contribution is 6.99. The van der Waals surface area contributed by atoms with Crippen LogP contribution in [0.15, 0.2) is 60.7 Å². The Kier molecular flexibility index (Phi) is 6.08. The molecule has 2 atom stereocenters. The van der Waals surface area contributed by atoms with Gasteiger partial charge in [-0.3, -0.25) is 9.69 Å². The van der Waals surface area contributed by atoms with Crippen LogP contribution in [0.4, 0.5) is 0 Å². The molecule has 1 aliphatic heterocycles. The third-order valence-corrected chi connectivity index (χ3v) is 10.8. The first-order valence-corrected chi connectivity index (χ1v) is 11.8. The van der Waals surface area contributed by atoms with Gasteiger partial charge in [0.2, 0.25) is 0 Å². The number of hydrogen-bond acceptors (Lipinski definition) is 4. The summed E-state index contributed by atoms with van der Waals surface area (Å²) < 4.78 is 12.1. The van der Waals surface area contributed by atoms with Crippen molar-refractivity contribution in [1.29, 1.82) is 0 Å². The fraction of sp³-hybridized carbons (Fsp3) is 0.435. The zero-order chi connectivity index (χ0) is 20.4. The summed E-state index contributed by atoms with van der Waals surface area (Å²) in [7, 11) is 0.822. The molecule has 0 radical (unpaired) electrons. The normalized spacial score (nSPS) is 20.9. The average Bonchev–Trinajstić information content (AvgIpc) is 3.06. The highest BCUT2D eigenvalue weighted by atomic mass is 28.4. The van der Waals surface area contributed by atoms with Gasteiger partial charge in [-0.05, 0) is 28.9 Å².